The summed E-state index contributed by atoms with van der Waals surface area (Å²) in [5.41, 5.74) is 1.41. The number of carboxylic acids is 1. The predicted molar refractivity (Wildman–Crippen MR) is 125 cm³/mol. The molecule has 1 N–H and O–H groups in total. The molecule has 0 atom stereocenters. The lowest BCUT2D eigenvalue weighted by Crippen LogP contribution is -2.34. The van der Waals surface area contributed by atoms with E-state index >= 15 is 0 Å². The standard InChI is InChI=1S/C28H25F3O4/c1-18-5-4-6-19(13-18)11-12-35-25-14-20(9-10-23(25)28(29,30)31)24(32)17-27(26(33)34)15-21-7-2-3-8-22(21)16-27/h2-10,13-14H,11-12,15-17H2,1H3,(H,33,34). The van der Waals surface area contributed by atoms with Gasteiger partial charge in [0.2, 0.25) is 0 Å². The van der Waals surface area contributed by atoms with E-state index in [1.165, 1.54) is 0 Å². The van der Waals surface area contributed by atoms with Crippen LogP contribution in [0.2, 0.25) is 0 Å². The number of ether oxygens (including phenoxy) is 1. The van der Waals surface area contributed by atoms with Gasteiger partial charge in [-0.2, -0.15) is 13.2 Å². The summed E-state index contributed by atoms with van der Waals surface area (Å²) in [5.74, 6) is -2.06. The SMILES string of the molecule is Cc1cccc(CCOc2cc(C(=O)CC3(C(=O)O)Cc4ccccc4C3)ccc2C(F)(F)F)c1. The number of fused-ring (bicyclic) bond motifs is 1. The van der Waals surface area contributed by atoms with Gasteiger partial charge in [-0.3, -0.25) is 9.59 Å². The van der Waals surface area contributed by atoms with E-state index in [1.807, 2.05) is 55.5 Å². The maximum Gasteiger partial charge on any atom is 0.419 e. The number of aryl methyl sites for hydroxylation is 1. The van der Waals surface area contributed by atoms with Crippen molar-refractivity contribution in [3.8, 4) is 5.75 Å². The Kier molecular flexibility index (Phi) is 6.70. The zero-order valence-corrected chi connectivity index (χ0v) is 19.2. The summed E-state index contributed by atoms with van der Waals surface area (Å²) in [6.45, 7) is 1.92. The third-order valence-corrected chi connectivity index (χ3v) is 6.47. The molecule has 0 spiro atoms. The lowest BCUT2D eigenvalue weighted by molar-refractivity contribution is -0.148. The summed E-state index contributed by atoms with van der Waals surface area (Å²) in [6.07, 6.45) is -4.17. The fraction of sp³-hybridized carbons (Fsp3) is 0.286. The lowest BCUT2D eigenvalue weighted by Gasteiger charge is -2.23. The molecule has 0 amide bonds. The average Bonchev–Trinajstić information content (AvgIpc) is 3.18. The molecule has 1 aliphatic carbocycles. The molecule has 0 radical (unpaired) electrons. The van der Waals surface area contributed by atoms with Crippen molar-refractivity contribution in [3.05, 3.63) is 100 Å². The van der Waals surface area contributed by atoms with E-state index in [-0.39, 0.29) is 31.4 Å². The Morgan fingerprint density at radius 1 is 0.971 bits per heavy atom. The van der Waals surface area contributed by atoms with Crippen LogP contribution in [0.25, 0.3) is 0 Å². The van der Waals surface area contributed by atoms with Crippen LogP contribution in [0.3, 0.4) is 0 Å². The van der Waals surface area contributed by atoms with Crippen molar-refractivity contribution < 1.29 is 32.6 Å². The number of benzene rings is 3. The molecule has 3 aromatic carbocycles. The van der Waals surface area contributed by atoms with E-state index in [4.69, 9.17) is 4.74 Å². The topological polar surface area (TPSA) is 63.6 Å². The first kappa shape index (κ1) is 24.5. The Morgan fingerprint density at radius 2 is 1.66 bits per heavy atom. The van der Waals surface area contributed by atoms with Gasteiger partial charge in [0.1, 0.15) is 5.75 Å². The van der Waals surface area contributed by atoms with Gasteiger partial charge in [-0.15, -0.1) is 0 Å². The minimum absolute atomic E-state index is 0.000127. The third-order valence-electron chi connectivity index (χ3n) is 6.47. The monoisotopic (exact) mass is 482 g/mol. The molecule has 0 saturated carbocycles. The number of carbonyl (C=O) groups is 2. The van der Waals surface area contributed by atoms with Crippen LogP contribution in [0.15, 0.2) is 66.7 Å². The van der Waals surface area contributed by atoms with Crippen LogP contribution in [0, 0.1) is 12.3 Å². The van der Waals surface area contributed by atoms with Gasteiger partial charge in [-0.25, -0.2) is 0 Å². The molecule has 0 heterocycles. The van der Waals surface area contributed by atoms with Crippen molar-refractivity contribution in [2.45, 2.75) is 38.8 Å². The molecule has 3 aromatic rings. The molecule has 0 bridgehead atoms. The first-order valence-corrected chi connectivity index (χ1v) is 11.3. The van der Waals surface area contributed by atoms with Crippen LogP contribution in [0.5, 0.6) is 5.75 Å². The summed E-state index contributed by atoms with van der Waals surface area (Å²) in [5, 5.41) is 9.96. The predicted octanol–water partition coefficient (Wildman–Crippen LogP) is 6.08. The van der Waals surface area contributed by atoms with Crippen LogP contribution in [-0.2, 0) is 30.2 Å². The largest absolute Gasteiger partial charge is 0.493 e. The lowest BCUT2D eigenvalue weighted by atomic mass is 9.78. The number of alkyl halides is 3. The Bertz CT molecular complexity index is 1240. The zero-order chi connectivity index (χ0) is 25.2. The number of rotatable bonds is 8. The molecule has 4 rings (SSSR count). The summed E-state index contributed by atoms with van der Waals surface area (Å²) in [7, 11) is 0. The second-order valence-electron chi connectivity index (χ2n) is 9.10. The van der Waals surface area contributed by atoms with Crippen LogP contribution in [-0.4, -0.2) is 23.5 Å². The summed E-state index contributed by atoms with van der Waals surface area (Å²) in [6, 6.07) is 17.9. The van der Waals surface area contributed by atoms with Gasteiger partial charge in [-0.05, 0) is 48.6 Å². The summed E-state index contributed by atoms with van der Waals surface area (Å²) in [4.78, 5) is 25.3. The van der Waals surface area contributed by atoms with E-state index in [2.05, 4.69) is 0 Å². The highest BCUT2D eigenvalue weighted by Crippen LogP contribution is 2.42. The Balaban J connectivity index is 1.55. The smallest absolute Gasteiger partial charge is 0.419 e. The second kappa shape index (κ2) is 9.56. The molecule has 0 unspecified atom stereocenters. The highest BCUT2D eigenvalue weighted by atomic mass is 19.4. The average molecular weight is 482 g/mol. The Hall–Kier alpha value is -3.61. The van der Waals surface area contributed by atoms with Gasteiger partial charge in [0, 0.05) is 18.4 Å². The van der Waals surface area contributed by atoms with Gasteiger partial charge >= 0.3 is 12.1 Å². The molecule has 0 aromatic heterocycles. The van der Waals surface area contributed by atoms with Crippen LogP contribution in [0.4, 0.5) is 13.2 Å². The van der Waals surface area contributed by atoms with E-state index in [9.17, 15) is 27.9 Å². The van der Waals surface area contributed by atoms with Gasteiger partial charge in [-0.1, -0.05) is 60.2 Å². The third kappa shape index (κ3) is 5.39. The van der Waals surface area contributed by atoms with Crippen molar-refractivity contribution >= 4 is 11.8 Å². The number of carboxylic acid groups (broad SMARTS) is 1. The molecule has 0 aliphatic heterocycles. The molecule has 0 fully saturated rings. The molecule has 0 saturated heterocycles. The number of hydrogen-bond donors (Lipinski definition) is 1. The molecular weight excluding hydrogens is 457 g/mol. The molecule has 35 heavy (non-hydrogen) atoms. The minimum Gasteiger partial charge on any atom is -0.493 e. The molecule has 182 valence electrons. The van der Waals surface area contributed by atoms with Crippen LogP contribution >= 0.6 is 0 Å². The zero-order valence-electron chi connectivity index (χ0n) is 19.2. The maximum atomic E-state index is 13.6. The first-order chi connectivity index (χ1) is 16.6. The minimum atomic E-state index is -4.66. The molecular formula is C28H25F3O4. The number of hydrogen-bond acceptors (Lipinski definition) is 3. The summed E-state index contributed by atoms with van der Waals surface area (Å²) >= 11 is 0. The highest BCUT2D eigenvalue weighted by Gasteiger charge is 2.45. The number of halogens is 3. The quantitative estimate of drug-likeness (QED) is 0.396. The summed E-state index contributed by atoms with van der Waals surface area (Å²) < 4.78 is 46.3. The van der Waals surface area contributed by atoms with Crippen molar-refractivity contribution in [1.29, 1.82) is 0 Å². The fourth-order valence-electron chi connectivity index (χ4n) is 4.65. The Morgan fingerprint density at radius 3 is 2.26 bits per heavy atom. The van der Waals surface area contributed by atoms with Gasteiger partial charge in [0.05, 0.1) is 17.6 Å². The van der Waals surface area contributed by atoms with Crippen molar-refractivity contribution in [2.24, 2.45) is 5.41 Å². The first-order valence-electron chi connectivity index (χ1n) is 11.3. The number of aliphatic carboxylic acids is 1. The van der Waals surface area contributed by atoms with Crippen molar-refractivity contribution in [2.75, 3.05) is 6.61 Å². The van der Waals surface area contributed by atoms with Crippen molar-refractivity contribution in [3.63, 3.8) is 0 Å². The van der Waals surface area contributed by atoms with E-state index in [0.717, 1.165) is 40.5 Å². The highest BCUT2D eigenvalue weighted by molar-refractivity contribution is 5.99. The normalized spacial score (nSPS) is 14.4. The number of carbonyl (C=O) groups excluding carboxylic acids is 1. The van der Waals surface area contributed by atoms with E-state index in [0.29, 0.717) is 6.42 Å². The van der Waals surface area contributed by atoms with E-state index < -0.39 is 34.7 Å². The molecule has 1 aliphatic rings. The van der Waals surface area contributed by atoms with Crippen LogP contribution in [0.1, 0.15) is 44.6 Å². The van der Waals surface area contributed by atoms with Crippen LogP contribution < -0.4 is 4.74 Å². The van der Waals surface area contributed by atoms with E-state index in [1.54, 1.807) is 0 Å². The van der Waals surface area contributed by atoms with Gasteiger partial charge in [0.25, 0.3) is 0 Å². The van der Waals surface area contributed by atoms with Gasteiger partial charge < -0.3 is 9.84 Å². The van der Waals surface area contributed by atoms with Crippen molar-refractivity contribution in [1.82, 2.24) is 0 Å². The fourth-order valence-corrected chi connectivity index (χ4v) is 4.65. The second-order valence-corrected chi connectivity index (χ2v) is 9.10. The number of ketones is 1. The Labute approximate surface area is 201 Å². The number of Topliss-reactive ketones (excluding diaryl/α,β-unsaturated/α-hetero) is 1. The molecule has 7 heteroatoms. The molecule has 4 nitrogen and oxygen atoms in total. The van der Waals surface area contributed by atoms with Gasteiger partial charge in [0.15, 0.2) is 5.78 Å². The maximum absolute atomic E-state index is 13.6.